The predicted octanol–water partition coefficient (Wildman–Crippen LogP) is 4.09. The number of epoxide rings is 1. The van der Waals surface area contributed by atoms with Crippen LogP contribution in [0.1, 0.15) is 11.7 Å². The lowest BCUT2D eigenvalue weighted by Gasteiger charge is -2.12. The molecule has 0 bridgehead atoms. The SMILES string of the molecule is Nc1ccc(-c2nc(=O)o[nH]2)cc1Nc1cccc(-c2ccc(C3CO3)cc2)c1. The topological polar surface area (TPSA) is 109 Å². The van der Waals surface area contributed by atoms with Crippen LogP contribution in [0.2, 0.25) is 0 Å². The second kappa shape index (κ2) is 6.96. The van der Waals surface area contributed by atoms with Crippen molar-refractivity contribution in [3.05, 3.63) is 82.8 Å². The first kappa shape index (κ1) is 17.3. The summed E-state index contributed by atoms with van der Waals surface area (Å²) in [6.07, 6.45) is 0.256. The van der Waals surface area contributed by atoms with Gasteiger partial charge >= 0.3 is 5.76 Å². The Balaban J connectivity index is 1.42. The van der Waals surface area contributed by atoms with Crippen molar-refractivity contribution in [3.63, 3.8) is 0 Å². The van der Waals surface area contributed by atoms with Crippen molar-refractivity contribution in [2.75, 3.05) is 17.7 Å². The molecule has 144 valence electrons. The number of aromatic nitrogens is 2. The Bertz CT molecular complexity index is 1220. The van der Waals surface area contributed by atoms with Crippen LogP contribution in [0.5, 0.6) is 0 Å². The van der Waals surface area contributed by atoms with Gasteiger partial charge in [0.15, 0.2) is 5.82 Å². The average Bonchev–Trinajstić information content (AvgIpc) is 3.51. The summed E-state index contributed by atoms with van der Waals surface area (Å²) in [5.41, 5.74) is 12.4. The van der Waals surface area contributed by atoms with Gasteiger partial charge in [0.2, 0.25) is 0 Å². The van der Waals surface area contributed by atoms with Gasteiger partial charge in [-0.1, -0.05) is 36.4 Å². The Morgan fingerprint density at radius 2 is 1.79 bits per heavy atom. The molecule has 29 heavy (non-hydrogen) atoms. The molecule has 5 rings (SSSR count). The first-order chi connectivity index (χ1) is 14.2. The minimum Gasteiger partial charge on any atom is -0.397 e. The molecule has 7 heteroatoms. The normalized spacial score (nSPS) is 15.2. The molecule has 1 unspecified atom stereocenters. The largest absolute Gasteiger partial charge is 0.460 e. The first-order valence-corrected chi connectivity index (χ1v) is 9.20. The number of hydrogen-bond acceptors (Lipinski definition) is 6. The minimum absolute atomic E-state index is 0.256. The number of rotatable bonds is 5. The fourth-order valence-electron chi connectivity index (χ4n) is 3.23. The number of ether oxygens (including phenoxy) is 1. The second-order valence-corrected chi connectivity index (χ2v) is 6.88. The summed E-state index contributed by atoms with van der Waals surface area (Å²) in [6, 6.07) is 21.9. The Labute approximate surface area is 166 Å². The number of benzene rings is 3. The summed E-state index contributed by atoms with van der Waals surface area (Å²) in [7, 11) is 0. The van der Waals surface area contributed by atoms with Gasteiger partial charge in [0.25, 0.3) is 0 Å². The van der Waals surface area contributed by atoms with Crippen molar-refractivity contribution >= 4 is 17.1 Å². The molecule has 1 aliphatic rings. The van der Waals surface area contributed by atoms with Gasteiger partial charge in [0, 0.05) is 11.3 Å². The minimum atomic E-state index is -0.668. The van der Waals surface area contributed by atoms with Gasteiger partial charge in [-0.05, 0) is 47.0 Å². The maximum atomic E-state index is 11.2. The summed E-state index contributed by atoms with van der Waals surface area (Å²) in [5, 5.41) is 5.85. The highest BCUT2D eigenvalue weighted by Gasteiger charge is 2.24. The van der Waals surface area contributed by atoms with E-state index in [0.29, 0.717) is 22.8 Å². The van der Waals surface area contributed by atoms with E-state index in [1.54, 1.807) is 12.1 Å². The van der Waals surface area contributed by atoms with E-state index in [0.717, 1.165) is 23.4 Å². The molecule has 0 amide bonds. The Morgan fingerprint density at radius 3 is 2.52 bits per heavy atom. The van der Waals surface area contributed by atoms with Crippen LogP contribution < -0.4 is 16.8 Å². The van der Waals surface area contributed by atoms with Gasteiger partial charge in [-0.3, -0.25) is 0 Å². The molecule has 1 aromatic heterocycles. The van der Waals surface area contributed by atoms with E-state index in [1.807, 2.05) is 18.2 Å². The van der Waals surface area contributed by atoms with Crippen molar-refractivity contribution < 1.29 is 9.26 Å². The van der Waals surface area contributed by atoms with E-state index in [4.69, 9.17) is 10.5 Å². The third-order valence-electron chi connectivity index (χ3n) is 4.86. The van der Waals surface area contributed by atoms with Gasteiger partial charge in [-0.15, -0.1) is 0 Å². The molecule has 0 aliphatic carbocycles. The van der Waals surface area contributed by atoms with Crippen LogP contribution in [0.3, 0.4) is 0 Å². The third-order valence-corrected chi connectivity index (χ3v) is 4.86. The van der Waals surface area contributed by atoms with Crippen LogP contribution in [0.25, 0.3) is 22.5 Å². The van der Waals surface area contributed by atoms with Crippen LogP contribution in [-0.4, -0.2) is 16.7 Å². The molecule has 3 aromatic carbocycles. The maximum absolute atomic E-state index is 11.2. The fraction of sp³-hybridized carbons (Fsp3) is 0.0909. The highest BCUT2D eigenvalue weighted by molar-refractivity contribution is 5.79. The lowest BCUT2D eigenvalue weighted by atomic mass is 10.0. The molecule has 0 saturated carbocycles. The number of H-pyrrole nitrogens is 1. The number of nitrogen functional groups attached to an aromatic ring is 1. The van der Waals surface area contributed by atoms with Crippen LogP contribution in [0.15, 0.2) is 76.0 Å². The van der Waals surface area contributed by atoms with Crippen molar-refractivity contribution in [3.8, 4) is 22.5 Å². The standard InChI is InChI=1S/C22H18N4O3/c23-18-9-8-16(21-25-22(27)29-26-21)11-19(18)24-17-3-1-2-15(10-17)13-4-6-14(7-5-13)20-12-28-20/h1-11,20,24H,12,23H2,(H,25,26,27). The second-order valence-electron chi connectivity index (χ2n) is 6.88. The van der Waals surface area contributed by atoms with E-state index in [1.165, 1.54) is 5.56 Å². The van der Waals surface area contributed by atoms with Gasteiger partial charge in [0.1, 0.15) is 6.10 Å². The summed E-state index contributed by atoms with van der Waals surface area (Å²) in [5.74, 6) is -0.315. The zero-order chi connectivity index (χ0) is 19.8. The van der Waals surface area contributed by atoms with Gasteiger partial charge in [-0.25, -0.2) is 4.79 Å². The van der Waals surface area contributed by atoms with E-state index in [-0.39, 0.29) is 6.10 Å². The third kappa shape index (κ3) is 3.63. The molecule has 1 atom stereocenters. The molecule has 7 nitrogen and oxygen atoms in total. The predicted molar refractivity (Wildman–Crippen MR) is 111 cm³/mol. The quantitative estimate of drug-likeness (QED) is 0.352. The molecule has 1 saturated heterocycles. The van der Waals surface area contributed by atoms with Crippen molar-refractivity contribution in [2.45, 2.75) is 6.10 Å². The van der Waals surface area contributed by atoms with Gasteiger partial charge in [0.05, 0.1) is 18.0 Å². The molecular formula is C22H18N4O3. The van der Waals surface area contributed by atoms with Crippen molar-refractivity contribution in [2.24, 2.45) is 0 Å². The number of nitrogens with zero attached hydrogens (tertiary/aromatic N) is 1. The van der Waals surface area contributed by atoms with E-state index < -0.39 is 5.76 Å². The summed E-state index contributed by atoms with van der Waals surface area (Å²) < 4.78 is 9.98. The Kier molecular flexibility index (Phi) is 4.14. The maximum Gasteiger partial charge on any atom is 0.460 e. The molecule has 2 heterocycles. The van der Waals surface area contributed by atoms with Crippen LogP contribution in [0, 0.1) is 0 Å². The highest BCUT2D eigenvalue weighted by atomic mass is 16.6. The number of nitrogens with two attached hydrogens (primary N) is 1. The fourth-order valence-corrected chi connectivity index (χ4v) is 3.23. The average molecular weight is 386 g/mol. The zero-order valence-electron chi connectivity index (χ0n) is 15.4. The van der Waals surface area contributed by atoms with E-state index in [9.17, 15) is 4.79 Å². The molecule has 1 fully saturated rings. The molecule has 0 radical (unpaired) electrons. The van der Waals surface area contributed by atoms with Crippen molar-refractivity contribution in [1.29, 1.82) is 0 Å². The van der Waals surface area contributed by atoms with Gasteiger partial charge < -0.3 is 20.3 Å². The molecular weight excluding hydrogens is 368 g/mol. The summed E-state index contributed by atoms with van der Waals surface area (Å²) in [6.45, 7) is 0.807. The monoisotopic (exact) mass is 386 g/mol. The lowest BCUT2D eigenvalue weighted by Crippen LogP contribution is -1.98. The molecule has 4 aromatic rings. The molecule has 4 N–H and O–H groups in total. The highest BCUT2D eigenvalue weighted by Crippen LogP contribution is 2.33. The lowest BCUT2D eigenvalue weighted by molar-refractivity contribution is 0.388. The van der Waals surface area contributed by atoms with Crippen LogP contribution in [0.4, 0.5) is 17.1 Å². The summed E-state index contributed by atoms with van der Waals surface area (Å²) >= 11 is 0. The number of aromatic amines is 1. The van der Waals surface area contributed by atoms with E-state index >= 15 is 0 Å². The summed E-state index contributed by atoms with van der Waals surface area (Å²) in [4.78, 5) is 15.0. The van der Waals surface area contributed by atoms with Crippen LogP contribution in [-0.2, 0) is 4.74 Å². The van der Waals surface area contributed by atoms with E-state index in [2.05, 4.69) is 56.4 Å². The van der Waals surface area contributed by atoms with Crippen LogP contribution >= 0.6 is 0 Å². The molecule has 1 aliphatic heterocycles. The van der Waals surface area contributed by atoms with Gasteiger partial charge in [-0.2, -0.15) is 10.1 Å². The molecule has 0 spiro atoms. The van der Waals surface area contributed by atoms with Crippen molar-refractivity contribution in [1.82, 2.24) is 10.1 Å². The zero-order valence-corrected chi connectivity index (χ0v) is 15.4. The number of hydrogen-bond donors (Lipinski definition) is 3. The smallest absolute Gasteiger partial charge is 0.397 e. The Morgan fingerprint density at radius 1 is 1.00 bits per heavy atom. The Hall–Kier alpha value is -3.84. The number of anilines is 3. The number of nitrogens with one attached hydrogen (secondary N) is 2. The first-order valence-electron chi connectivity index (χ1n) is 9.20.